The summed E-state index contributed by atoms with van der Waals surface area (Å²) < 4.78 is 5.20. The first-order valence-electron chi connectivity index (χ1n) is 5.45. The average molecular weight is 202 g/mol. The van der Waals surface area contributed by atoms with Gasteiger partial charge in [-0.3, -0.25) is 4.90 Å². The van der Waals surface area contributed by atoms with E-state index in [0.29, 0.717) is 6.04 Å². The minimum atomic E-state index is 0.490. The molecule has 3 nitrogen and oxygen atoms in total. The van der Waals surface area contributed by atoms with E-state index < -0.39 is 0 Å². The maximum atomic E-state index is 5.20. The Morgan fingerprint density at radius 3 is 2.43 bits per heavy atom. The molecular formula is C11H26N2O. The quantitative estimate of drug-likeness (QED) is 0.640. The predicted molar refractivity (Wildman–Crippen MR) is 61.7 cm³/mol. The molecule has 0 aliphatic rings. The third kappa shape index (κ3) is 6.35. The Labute approximate surface area is 88.8 Å². The summed E-state index contributed by atoms with van der Waals surface area (Å²) in [7, 11) is 5.92. The molecule has 0 aliphatic carbocycles. The van der Waals surface area contributed by atoms with Crippen LogP contribution in [-0.2, 0) is 4.74 Å². The van der Waals surface area contributed by atoms with Crippen molar-refractivity contribution in [1.29, 1.82) is 0 Å². The SMILES string of the molecule is CNCC(COC)N(C)CCC(C)C. The smallest absolute Gasteiger partial charge is 0.0630 e. The molecule has 0 aromatic carbocycles. The fourth-order valence-corrected chi connectivity index (χ4v) is 1.41. The molecular weight excluding hydrogens is 176 g/mol. The van der Waals surface area contributed by atoms with Gasteiger partial charge in [0, 0.05) is 19.7 Å². The number of nitrogens with one attached hydrogen (secondary N) is 1. The van der Waals surface area contributed by atoms with Crippen LogP contribution in [0, 0.1) is 5.92 Å². The second-order valence-corrected chi connectivity index (χ2v) is 4.33. The van der Waals surface area contributed by atoms with E-state index in [1.54, 1.807) is 7.11 Å². The van der Waals surface area contributed by atoms with Crippen LogP contribution < -0.4 is 5.32 Å². The van der Waals surface area contributed by atoms with E-state index in [0.717, 1.165) is 25.6 Å². The summed E-state index contributed by atoms with van der Waals surface area (Å²) in [5.41, 5.74) is 0. The van der Waals surface area contributed by atoms with Crippen LogP contribution in [0.3, 0.4) is 0 Å². The molecule has 0 spiro atoms. The minimum Gasteiger partial charge on any atom is -0.383 e. The lowest BCUT2D eigenvalue weighted by Crippen LogP contribution is -2.42. The lowest BCUT2D eigenvalue weighted by atomic mass is 10.1. The molecule has 86 valence electrons. The largest absolute Gasteiger partial charge is 0.383 e. The number of ether oxygens (including phenoxy) is 1. The first-order valence-corrected chi connectivity index (χ1v) is 5.45. The summed E-state index contributed by atoms with van der Waals surface area (Å²) in [4.78, 5) is 2.38. The summed E-state index contributed by atoms with van der Waals surface area (Å²) >= 11 is 0. The second kappa shape index (κ2) is 8.21. The predicted octanol–water partition coefficient (Wildman–Crippen LogP) is 1.20. The van der Waals surface area contributed by atoms with Gasteiger partial charge in [-0.15, -0.1) is 0 Å². The van der Waals surface area contributed by atoms with Crippen molar-refractivity contribution in [2.24, 2.45) is 5.92 Å². The van der Waals surface area contributed by atoms with Crippen LogP contribution in [-0.4, -0.2) is 51.8 Å². The van der Waals surface area contributed by atoms with E-state index in [2.05, 4.69) is 31.1 Å². The molecule has 0 fully saturated rings. The van der Waals surface area contributed by atoms with Gasteiger partial charge < -0.3 is 10.1 Å². The maximum absolute atomic E-state index is 5.20. The Balaban J connectivity index is 3.81. The standard InChI is InChI=1S/C11H26N2O/c1-10(2)6-7-13(4)11(8-12-3)9-14-5/h10-12H,6-9H2,1-5H3. The van der Waals surface area contributed by atoms with Gasteiger partial charge in [0.05, 0.1) is 6.61 Å². The van der Waals surface area contributed by atoms with Crippen LogP contribution in [0.25, 0.3) is 0 Å². The normalized spacial score (nSPS) is 13.9. The van der Waals surface area contributed by atoms with Crippen LogP contribution in [0.5, 0.6) is 0 Å². The molecule has 3 heteroatoms. The van der Waals surface area contributed by atoms with Crippen molar-refractivity contribution in [3.8, 4) is 0 Å². The monoisotopic (exact) mass is 202 g/mol. The van der Waals surface area contributed by atoms with Gasteiger partial charge in [-0.1, -0.05) is 13.8 Å². The van der Waals surface area contributed by atoms with Crippen LogP contribution in [0.4, 0.5) is 0 Å². The van der Waals surface area contributed by atoms with Gasteiger partial charge in [-0.05, 0) is 33.0 Å². The van der Waals surface area contributed by atoms with E-state index in [-0.39, 0.29) is 0 Å². The van der Waals surface area contributed by atoms with Crippen LogP contribution in [0.1, 0.15) is 20.3 Å². The molecule has 0 aliphatic heterocycles. The Kier molecular flexibility index (Phi) is 8.14. The molecule has 0 aromatic rings. The lowest BCUT2D eigenvalue weighted by Gasteiger charge is -2.27. The van der Waals surface area contributed by atoms with Crippen molar-refractivity contribution < 1.29 is 4.74 Å². The fraction of sp³-hybridized carbons (Fsp3) is 1.00. The molecule has 0 rings (SSSR count). The first kappa shape index (κ1) is 13.9. The topological polar surface area (TPSA) is 24.5 Å². The molecule has 0 amide bonds. The fourth-order valence-electron chi connectivity index (χ4n) is 1.41. The van der Waals surface area contributed by atoms with Gasteiger partial charge in [0.1, 0.15) is 0 Å². The molecule has 14 heavy (non-hydrogen) atoms. The highest BCUT2D eigenvalue weighted by atomic mass is 16.5. The number of likely N-dealkylation sites (N-methyl/N-ethyl adjacent to an activating group) is 2. The van der Waals surface area contributed by atoms with Crippen molar-refractivity contribution >= 4 is 0 Å². The summed E-state index contributed by atoms with van der Waals surface area (Å²) in [5.74, 6) is 0.773. The highest BCUT2D eigenvalue weighted by molar-refractivity contribution is 4.70. The maximum Gasteiger partial charge on any atom is 0.0630 e. The molecule has 0 bridgehead atoms. The van der Waals surface area contributed by atoms with Crippen LogP contribution in [0.2, 0.25) is 0 Å². The van der Waals surface area contributed by atoms with Crippen molar-refractivity contribution in [3.05, 3.63) is 0 Å². The van der Waals surface area contributed by atoms with Crippen molar-refractivity contribution in [3.63, 3.8) is 0 Å². The van der Waals surface area contributed by atoms with Gasteiger partial charge in [0.2, 0.25) is 0 Å². The molecule has 0 aromatic heterocycles. The van der Waals surface area contributed by atoms with Crippen molar-refractivity contribution in [1.82, 2.24) is 10.2 Å². The Morgan fingerprint density at radius 2 is 2.00 bits per heavy atom. The lowest BCUT2D eigenvalue weighted by molar-refractivity contribution is 0.103. The zero-order valence-corrected chi connectivity index (χ0v) is 10.3. The van der Waals surface area contributed by atoms with Crippen molar-refractivity contribution in [2.45, 2.75) is 26.3 Å². The van der Waals surface area contributed by atoms with E-state index >= 15 is 0 Å². The third-order valence-corrected chi connectivity index (χ3v) is 2.48. The van der Waals surface area contributed by atoms with Gasteiger partial charge in [-0.2, -0.15) is 0 Å². The number of hydrogen-bond acceptors (Lipinski definition) is 3. The highest BCUT2D eigenvalue weighted by Gasteiger charge is 2.13. The van der Waals surface area contributed by atoms with Crippen molar-refractivity contribution in [2.75, 3.05) is 40.9 Å². The van der Waals surface area contributed by atoms with Crippen LogP contribution >= 0.6 is 0 Å². The molecule has 0 saturated heterocycles. The van der Waals surface area contributed by atoms with E-state index in [1.165, 1.54) is 6.42 Å². The number of methoxy groups -OCH3 is 1. The van der Waals surface area contributed by atoms with Gasteiger partial charge in [-0.25, -0.2) is 0 Å². The minimum absolute atomic E-state index is 0.490. The molecule has 0 radical (unpaired) electrons. The summed E-state index contributed by atoms with van der Waals surface area (Å²) in [6.07, 6.45) is 1.25. The van der Waals surface area contributed by atoms with Gasteiger partial charge in [0.15, 0.2) is 0 Å². The molecule has 1 N–H and O–H groups in total. The number of hydrogen-bond donors (Lipinski definition) is 1. The summed E-state index contributed by atoms with van der Waals surface area (Å²) in [6.45, 7) is 7.46. The highest BCUT2D eigenvalue weighted by Crippen LogP contribution is 2.03. The van der Waals surface area contributed by atoms with E-state index in [4.69, 9.17) is 4.74 Å². The molecule has 0 saturated carbocycles. The number of nitrogens with zero attached hydrogens (tertiary/aromatic N) is 1. The average Bonchev–Trinajstić information content (AvgIpc) is 2.14. The summed E-state index contributed by atoms with van der Waals surface area (Å²) in [5, 5.41) is 3.20. The second-order valence-electron chi connectivity index (χ2n) is 4.33. The van der Waals surface area contributed by atoms with Gasteiger partial charge in [0.25, 0.3) is 0 Å². The summed E-state index contributed by atoms with van der Waals surface area (Å²) in [6, 6.07) is 0.490. The van der Waals surface area contributed by atoms with E-state index in [9.17, 15) is 0 Å². The molecule has 0 heterocycles. The number of rotatable bonds is 8. The van der Waals surface area contributed by atoms with Gasteiger partial charge >= 0.3 is 0 Å². The Hall–Kier alpha value is -0.120. The first-order chi connectivity index (χ1) is 6.61. The van der Waals surface area contributed by atoms with Crippen LogP contribution in [0.15, 0.2) is 0 Å². The third-order valence-electron chi connectivity index (χ3n) is 2.48. The molecule has 1 unspecified atom stereocenters. The zero-order chi connectivity index (χ0) is 11.0. The zero-order valence-electron chi connectivity index (χ0n) is 10.3. The Morgan fingerprint density at radius 1 is 1.36 bits per heavy atom. The Bertz CT molecular complexity index is 122. The van der Waals surface area contributed by atoms with E-state index in [1.807, 2.05) is 7.05 Å². The molecule has 1 atom stereocenters.